The molecule has 27 heavy (non-hydrogen) atoms. The lowest BCUT2D eigenvalue weighted by Crippen LogP contribution is -2.55. The highest BCUT2D eigenvalue weighted by Gasteiger charge is 2.54. The van der Waals surface area contributed by atoms with E-state index in [4.69, 9.17) is 0 Å². The molecule has 1 aromatic carbocycles. The minimum absolute atomic E-state index is 0.0105. The summed E-state index contributed by atoms with van der Waals surface area (Å²) in [6, 6.07) is 6.10. The van der Waals surface area contributed by atoms with E-state index in [0.29, 0.717) is 0 Å². The number of carbonyl (C=O) groups is 2. The van der Waals surface area contributed by atoms with Crippen molar-refractivity contribution in [3.05, 3.63) is 28.2 Å². The topological polar surface area (TPSA) is 49.4 Å². The van der Waals surface area contributed by atoms with Crippen LogP contribution in [0.3, 0.4) is 0 Å². The maximum Gasteiger partial charge on any atom is 0.246 e. The molecule has 0 spiro atoms. The third-order valence-electron chi connectivity index (χ3n) is 7.38. The molecule has 0 saturated heterocycles. The minimum atomic E-state index is -0.181. The first kappa shape index (κ1) is 17.7. The lowest BCUT2D eigenvalue weighted by molar-refractivity contribution is -0.147. The number of fused-ring (bicyclic) bond motifs is 1. The number of halogens is 1. The van der Waals surface area contributed by atoms with Crippen LogP contribution >= 0.6 is 15.9 Å². The average Bonchev–Trinajstić information content (AvgIpc) is 2.64. The van der Waals surface area contributed by atoms with Gasteiger partial charge in [0.25, 0.3) is 0 Å². The van der Waals surface area contributed by atoms with Crippen molar-refractivity contribution in [3.63, 3.8) is 0 Å². The Kier molecular flexibility index (Phi) is 4.34. The monoisotopic (exact) mass is 430 g/mol. The molecular weight excluding hydrogens is 404 g/mol. The minimum Gasteiger partial charge on any atom is -0.347 e. The highest BCUT2D eigenvalue weighted by atomic mass is 79.9. The normalized spacial score (nSPS) is 33.7. The highest BCUT2D eigenvalue weighted by molar-refractivity contribution is 9.10. The van der Waals surface area contributed by atoms with E-state index in [1.54, 1.807) is 0 Å². The summed E-state index contributed by atoms with van der Waals surface area (Å²) in [6.45, 7) is 0.858. The molecule has 4 bridgehead atoms. The zero-order valence-corrected chi connectivity index (χ0v) is 17.3. The van der Waals surface area contributed by atoms with Crippen LogP contribution in [0.2, 0.25) is 0 Å². The van der Waals surface area contributed by atoms with Gasteiger partial charge in [0.05, 0.1) is 6.54 Å². The number of nitrogens with zero attached hydrogens (tertiary/aromatic N) is 1. The second-order valence-corrected chi connectivity index (χ2v) is 10.2. The molecule has 1 N–H and O–H groups in total. The number of benzene rings is 1. The van der Waals surface area contributed by atoms with Crippen molar-refractivity contribution in [2.24, 2.45) is 23.2 Å². The summed E-state index contributed by atoms with van der Waals surface area (Å²) in [7, 11) is 0. The smallest absolute Gasteiger partial charge is 0.246 e. The van der Waals surface area contributed by atoms with Crippen molar-refractivity contribution in [1.82, 2.24) is 5.32 Å². The third-order valence-corrected chi connectivity index (χ3v) is 7.87. The average molecular weight is 431 g/mol. The molecule has 4 nitrogen and oxygen atoms in total. The van der Waals surface area contributed by atoms with E-state index in [2.05, 4.69) is 27.3 Å². The molecule has 4 fully saturated rings. The number of amides is 2. The summed E-state index contributed by atoms with van der Waals surface area (Å²) < 4.78 is 1.05. The Morgan fingerprint density at radius 3 is 2.44 bits per heavy atom. The van der Waals surface area contributed by atoms with E-state index in [1.165, 1.54) is 24.8 Å². The van der Waals surface area contributed by atoms with Crippen LogP contribution in [0.5, 0.6) is 0 Å². The van der Waals surface area contributed by atoms with Gasteiger partial charge < -0.3 is 10.2 Å². The van der Waals surface area contributed by atoms with Crippen LogP contribution in [-0.2, 0) is 16.0 Å². The van der Waals surface area contributed by atoms with E-state index in [1.807, 2.05) is 17.0 Å². The van der Waals surface area contributed by atoms with Crippen LogP contribution in [0.15, 0.2) is 22.7 Å². The molecule has 1 aliphatic heterocycles. The lowest BCUT2D eigenvalue weighted by Gasteiger charge is -2.55. The van der Waals surface area contributed by atoms with Crippen molar-refractivity contribution in [1.29, 1.82) is 0 Å². The molecule has 5 aliphatic rings. The predicted molar refractivity (Wildman–Crippen MR) is 108 cm³/mol. The van der Waals surface area contributed by atoms with E-state index < -0.39 is 0 Å². The van der Waals surface area contributed by atoms with Gasteiger partial charge in [0.15, 0.2) is 0 Å². The van der Waals surface area contributed by atoms with Gasteiger partial charge in [-0.15, -0.1) is 0 Å². The Balaban J connectivity index is 1.26. The Morgan fingerprint density at radius 1 is 1.11 bits per heavy atom. The Morgan fingerprint density at radius 2 is 1.78 bits per heavy atom. The highest BCUT2D eigenvalue weighted by Crippen LogP contribution is 2.60. The fraction of sp³-hybridized carbons (Fsp3) is 0.636. The predicted octanol–water partition coefficient (Wildman–Crippen LogP) is 4.06. The van der Waals surface area contributed by atoms with Gasteiger partial charge in [0.1, 0.15) is 0 Å². The number of nitrogens with one attached hydrogen (secondary N) is 1. The van der Waals surface area contributed by atoms with Gasteiger partial charge >= 0.3 is 0 Å². The van der Waals surface area contributed by atoms with Crippen molar-refractivity contribution >= 4 is 33.4 Å². The molecule has 1 aromatic rings. The Labute approximate surface area is 169 Å². The fourth-order valence-corrected chi connectivity index (χ4v) is 7.06. The fourth-order valence-electron chi connectivity index (χ4n) is 6.65. The second-order valence-electron chi connectivity index (χ2n) is 9.30. The molecule has 6 rings (SSSR count). The number of carbonyl (C=O) groups excluding carboxylic acids is 2. The van der Waals surface area contributed by atoms with Gasteiger partial charge in [-0.25, -0.2) is 0 Å². The molecular formula is C22H27BrN2O2. The van der Waals surface area contributed by atoms with E-state index in [-0.39, 0.29) is 23.8 Å². The van der Waals surface area contributed by atoms with Crippen LogP contribution in [0, 0.1) is 23.2 Å². The van der Waals surface area contributed by atoms with Crippen LogP contribution < -0.4 is 10.2 Å². The zero-order chi connectivity index (χ0) is 18.6. The maximum atomic E-state index is 13.1. The second kappa shape index (κ2) is 6.61. The lowest BCUT2D eigenvalue weighted by atomic mass is 9.49. The first-order valence-corrected chi connectivity index (χ1v) is 11.2. The third kappa shape index (κ3) is 3.12. The van der Waals surface area contributed by atoms with Gasteiger partial charge in [-0.05, 0) is 92.9 Å². The number of anilines is 1. The largest absolute Gasteiger partial charge is 0.347 e. The molecule has 0 unspecified atom stereocenters. The van der Waals surface area contributed by atoms with Gasteiger partial charge in [-0.1, -0.05) is 15.9 Å². The molecule has 5 heteroatoms. The van der Waals surface area contributed by atoms with Gasteiger partial charge in [-0.3, -0.25) is 9.59 Å². The van der Waals surface area contributed by atoms with Crippen LogP contribution in [-0.4, -0.2) is 24.9 Å². The summed E-state index contributed by atoms with van der Waals surface area (Å²) >= 11 is 3.51. The number of hydrogen-bond acceptors (Lipinski definition) is 2. The van der Waals surface area contributed by atoms with Gasteiger partial charge in [0, 0.05) is 22.1 Å². The molecule has 0 radical (unpaired) electrons. The summed E-state index contributed by atoms with van der Waals surface area (Å²) in [5.41, 5.74) is 2.02. The van der Waals surface area contributed by atoms with Crippen LogP contribution in [0.4, 0.5) is 5.69 Å². The molecule has 0 atom stereocenters. The summed E-state index contributed by atoms with van der Waals surface area (Å²) in [5.74, 6) is 2.37. The molecule has 4 saturated carbocycles. The number of rotatable bonds is 3. The first-order chi connectivity index (χ1) is 13.0. The molecule has 0 aromatic heterocycles. The molecule has 2 amide bonds. The molecule has 144 valence electrons. The Hall–Kier alpha value is -1.36. The molecule has 4 aliphatic carbocycles. The van der Waals surface area contributed by atoms with Crippen molar-refractivity contribution < 1.29 is 9.59 Å². The van der Waals surface area contributed by atoms with Crippen LogP contribution in [0.1, 0.15) is 50.5 Å². The summed E-state index contributed by atoms with van der Waals surface area (Å²) in [6.07, 6.45) is 9.07. The molecule has 1 heterocycles. The number of hydrogen-bond donors (Lipinski definition) is 1. The standard InChI is InChI=1S/C22H27BrN2O2/c23-18-3-4-19-17(9-18)2-1-5-25(19)20(26)13-24-21(27)22-10-14-6-15(11-22)8-16(7-14)12-22/h3-4,9,14-16H,1-2,5-8,10-13H2,(H,24,27). The zero-order valence-electron chi connectivity index (χ0n) is 15.7. The van der Waals surface area contributed by atoms with E-state index in [9.17, 15) is 9.59 Å². The first-order valence-electron chi connectivity index (χ1n) is 10.4. The number of aryl methyl sites for hydroxylation is 1. The van der Waals surface area contributed by atoms with Gasteiger partial charge in [0.2, 0.25) is 11.8 Å². The quantitative estimate of drug-likeness (QED) is 0.785. The van der Waals surface area contributed by atoms with E-state index >= 15 is 0 Å². The summed E-state index contributed by atoms with van der Waals surface area (Å²) in [4.78, 5) is 27.8. The maximum absolute atomic E-state index is 13.1. The van der Waals surface area contributed by atoms with Gasteiger partial charge in [-0.2, -0.15) is 0 Å². The SMILES string of the molecule is O=C(CNC(=O)C12CC3CC(CC(C3)C1)C2)N1CCCc2cc(Br)ccc21. The van der Waals surface area contributed by atoms with Crippen molar-refractivity contribution in [2.75, 3.05) is 18.0 Å². The van der Waals surface area contributed by atoms with Crippen molar-refractivity contribution in [2.45, 2.75) is 51.4 Å². The van der Waals surface area contributed by atoms with E-state index in [0.717, 1.165) is 66.6 Å². The van der Waals surface area contributed by atoms with Crippen molar-refractivity contribution in [3.8, 4) is 0 Å². The Bertz CT molecular complexity index is 755. The summed E-state index contributed by atoms with van der Waals surface area (Å²) in [5, 5.41) is 3.04. The van der Waals surface area contributed by atoms with Crippen LogP contribution in [0.25, 0.3) is 0 Å².